The maximum atomic E-state index is 12.1. The molecule has 1 heterocycles. The van der Waals surface area contributed by atoms with Gasteiger partial charge in [0.1, 0.15) is 5.75 Å². The van der Waals surface area contributed by atoms with Crippen molar-refractivity contribution in [2.24, 2.45) is 0 Å². The summed E-state index contributed by atoms with van der Waals surface area (Å²) in [7, 11) is 0. The number of hydrogen-bond acceptors (Lipinski definition) is 4. The highest BCUT2D eigenvalue weighted by molar-refractivity contribution is 5.80. The van der Waals surface area contributed by atoms with Gasteiger partial charge in [0, 0.05) is 6.54 Å². The maximum Gasteiger partial charge on any atom is 0.387 e. The lowest BCUT2D eigenvalue weighted by atomic mass is 10.1. The number of halogens is 2. The molecule has 1 aliphatic rings. The molecule has 22 heavy (non-hydrogen) atoms. The summed E-state index contributed by atoms with van der Waals surface area (Å²) < 4.78 is 33.3. The number of ether oxygens (including phenoxy) is 2. The Labute approximate surface area is 125 Å². The third-order valence-corrected chi connectivity index (χ3v) is 3.20. The molecule has 8 heteroatoms. The fourth-order valence-corrected chi connectivity index (χ4v) is 2.10. The van der Waals surface area contributed by atoms with Gasteiger partial charge in [-0.1, -0.05) is 12.1 Å². The van der Waals surface area contributed by atoms with Crippen molar-refractivity contribution in [3.05, 3.63) is 29.8 Å². The minimum Gasteiger partial charge on any atom is -0.479 e. The predicted molar refractivity (Wildman–Crippen MR) is 70.7 cm³/mol. The van der Waals surface area contributed by atoms with E-state index in [2.05, 4.69) is 4.74 Å². The first kappa shape index (κ1) is 16.2. The molecule has 120 valence electrons. The molecule has 0 spiro atoms. The van der Waals surface area contributed by atoms with E-state index in [9.17, 15) is 18.4 Å². The SMILES string of the molecule is O=C(O)C1CN(C(=O)Cc2ccc(OC(F)F)cc2)CCO1. The number of carboxylic acids is 1. The first-order chi connectivity index (χ1) is 10.5. The Hall–Kier alpha value is -2.22. The van der Waals surface area contributed by atoms with E-state index in [1.165, 1.54) is 29.2 Å². The molecule has 1 saturated heterocycles. The van der Waals surface area contributed by atoms with E-state index >= 15 is 0 Å². The third kappa shape index (κ3) is 4.39. The summed E-state index contributed by atoms with van der Waals surface area (Å²) in [6.07, 6.45) is -0.957. The molecule has 0 aromatic heterocycles. The van der Waals surface area contributed by atoms with Crippen LogP contribution in [0.2, 0.25) is 0 Å². The van der Waals surface area contributed by atoms with Gasteiger partial charge in [0.05, 0.1) is 19.6 Å². The summed E-state index contributed by atoms with van der Waals surface area (Å²) >= 11 is 0. The van der Waals surface area contributed by atoms with Crippen LogP contribution in [0, 0.1) is 0 Å². The van der Waals surface area contributed by atoms with Gasteiger partial charge in [-0.25, -0.2) is 4.79 Å². The minimum atomic E-state index is -2.89. The monoisotopic (exact) mass is 315 g/mol. The van der Waals surface area contributed by atoms with Crippen LogP contribution in [0.15, 0.2) is 24.3 Å². The van der Waals surface area contributed by atoms with Crippen LogP contribution in [0.25, 0.3) is 0 Å². The zero-order valence-electron chi connectivity index (χ0n) is 11.6. The highest BCUT2D eigenvalue weighted by Crippen LogP contribution is 2.16. The Balaban J connectivity index is 1.92. The number of benzene rings is 1. The first-order valence-electron chi connectivity index (χ1n) is 6.61. The van der Waals surface area contributed by atoms with Crippen molar-refractivity contribution in [2.75, 3.05) is 19.7 Å². The second-order valence-corrected chi connectivity index (χ2v) is 4.74. The number of nitrogens with zero attached hydrogens (tertiary/aromatic N) is 1. The number of amides is 1. The van der Waals surface area contributed by atoms with Crippen LogP contribution in [0.3, 0.4) is 0 Å². The Morgan fingerprint density at radius 3 is 2.64 bits per heavy atom. The average Bonchev–Trinajstić information content (AvgIpc) is 2.49. The number of aliphatic carboxylic acids is 1. The molecule has 1 amide bonds. The van der Waals surface area contributed by atoms with E-state index in [1.807, 2.05) is 0 Å². The average molecular weight is 315 g/mol. The van der Waals surface area contributed by atoms with E-state index in [4.69, 9.17) is 9.84 Å². The van der Waals surface area contributed by atoms with Gasteiger partial charge in [-0.3, -0.25) is 4.79 Å². The molecule has 1 aromatic carbocycles. The molecule has 1 unspecified atom stereocenters. The summed E-state index contributed by atoms with van der Waals surface area (Å²) in [5.41, 5.74) is 0.630. The molecule has 1 atom stereocenters. The van der Waals surface area contributed by atoms with Gasteiger partial charge < -0.3 is 19.5 Å². The van der Waals surface area contributed by atoms with Crippen LogP contribution < -0.4 is 4.74 Å². The number of rotatable bonds is 5. The molecule has 0 radical (unpaired) electrons. The fourth-order valence-electron chi connectivity index (χ4n) is 2.10. The molecule has 1 aliphatic heterocycles. The topological polar surface area (TPSA) is 76.1 Å². The summed E-state index contributed by atoms with van der Waals surface area (Å²) in [6, 6.07) is 5.75. The summed E-state index contributed by atoms with van der Waals surface area (Å²) in [4.78, 5) is 24.4. The molecular weight excluding hydrogens is 300 g/mol. The maximum absolute atomic E-state index is 12.1. The number of morpholine rings is 1. The third-order valence-electron chi connectivity index (χ3n) is 3.20. The zero-order valence-corrected chi connectivity index (χ0v) is 11.6. The zero-order chi connectivity index (χ0) is 16.1. The number of carbonyl (C=O) groups excluding carboxylic acids is 1. The second kappa shape index (κ2) is 7.17. The quantitative estimate of drug-likeness (QED) is 0.882. The lowest BCUT2D eigenvalue weighted by Crippen LogP contribution is -2.49. The van der Waals surface area contributed by atoms with Crippen molar-refractivity contribution in [3.63, 3.8) is 0 Å². The Kier molecular flexibility index (Phi) is 5.26. The van der Waals surface area contributed by atoms with Gasteiger partial charge in [0.15, 0.2) is 6.10 Å². The van der Waals surface area contributed by atoms with Crippen LogP contribution in [-0.4, -0.2) is 54.3 Å². The molecule has 0 aliphatic carbocycles. The van der Waals surface area contributed by atoms with Gasteiger partial charge in [-0.05, 0) is 17.7 Å². The smallest absolute Gasteiger partial charge is 0.387 e. The molecule has 6 nitrogen and oxygen atoms in total. The summed E-state index contributed by atoms with van der Waals surface area (Å²) in [5, 5.41) is 8.89. The Bertz CT molecular complexity index is 535. The van der Waals surface area contributed by atoms with E-state index in [0.717, 1.165) is 0 Å². The van der Waals surface area contributed by atoms with Crippen LogP contribution in [-0.2, 0) is 20.7 Å². The highest BCUT2D eigenvalue weighted by atomic mass is 19.3. The van der Waals surface area contributed by atoms with Crippen LogP contribution in [0.5, 0.6) is 5.75 Å². The molecule has 2 rings (SSSR count). The number of carbonyl (C=O) groups is 2. The van der Waals surface area contributed by atoms with Gasteiger partial charge >= 0.3 is 12.6 Å². The lowest BCUT2D eigenvalue weighted by Gasteiger charge is -2.31. The highest BCUT2D eigenvalue weighted by Gasteiger charge is 2.28. The molecule has 1 N–H and O–H groups in total. The first-order valence-corrected chi connectivity index (χ1v) is 6.61. The van der Waals surface area contributed by atoms with Gasteiger partial charge in [-0.15, -0.1) is 0 Å². The van der Waals surface area contributed by atoms with E-state index in [-0.39, 0.29) is 31.2 Å². The standard InChI is InChI=1S/C14H15F2NO5/c15-14(16)22-10-3-1-9(2-4-10)7-12(18)17-5-6-21-11(8-17)13(19)20/h1-4,11,14H,5-8H2,(H,19,20). The Morgan fingerprint density at radius 1 is 1.36 bits per heavy atom. The number of alkyl halides is 2. The summed E-state index contributed by atoms with van der Waals surface area (Å²) in [6.45, 7) is -2.39. The fraction of sp³-hybridized carbons (Fsp3) is 0.429. The largest absolute Gasteiger partial charge is 0.479 e. The van der Waals surface area contributed by atoms with Crippen molar-refractivity contribution in [2.45, 2.75) is 19.1 Å². The van der Waals surface area contributed by atoms with Crippen molar-refractivity contribution in [1.82, 2.24) is 4.90 Å². The van der Waals surface area contributed by atoms with Crippen molar-refractivity contribution < 1.29 is 33.0 Å². The molecular formula is C14H15F2NO5. The van der Waals surface area contributed by atoms with Crippen molar-refractivity contribution in [1.29, 1.82) is 0 Å². The Morgan fingerprint density at radius 2 is 2.05 bits per heavy atom. The number of carboxylic acid groups (broad SMARTS) is 1. The molecule has 1 aromatic rings. The molecule has 0 bridgehead atoms. The second-order valence-electron chi connectivity index (χ2n) is 4.74. The molecule has 0 saturated carbocycles. The van der Waals surface area contributed by atoms with Crippen molar-refractivity contribution >= 4 is 11.9 Å². The van der Waals surface area contributed by atoms with Gasteiger partial charge in [-0.2, -0.15) is 8.78 Å². The molecule has 1 fully saturated rings. The lowest BCUT2D eigenvalue weighted by molar-refractivity contribution is -0.159. The van der Waals surface area contributed by atoms with Gasteiger partial charge in [0.2, 0.25) is 5.91 Å². The minimum absolute atomic E-state index is 0.000738. The number of hydrogen-bond donors (Lipinski definition) is 1. The summed E-state index contributed by atoms with van der Waals surface area (Å²) in [5.74, 6) is -1.33. The van der Waals surface area contributed by atoms with E-state index < -0.39 is 18.7 Å². The van der Waals surface area contributed by atoms with Crippen LogP contribution in [0.1, 0.15) is 5.56 Å². The van der Waals surface area contributed by atoms with Crippen LogP contribution in [0.4, 0.5) is 8.78 Å². The van der Waals surface area contributed by atoms with Crippen LogP contribution >= 0.6 is 0 Å². The van der Waals surface area contributed by atoms with E-state index in [1.54, 1.807) is 0 Å². The van der Waals surface area contributed by atoms with E-state index in [0.29, 0.717) is 12.1 Å². The van der Waals surface area contributed by atoms with Crippen molar-refractivity contribution in [3.8, 4) is 5.75 Å². The normalized spacial score (nSPS) is 18.3. The predicted octanol–water partition coefficient (Wildman–Crippen LogP) is 1.14. The van der Waals surface area contributed by atoms with Gasteiger partial charge in [0.25, 0.3) is 0 Å².